The van der Waals surface area contributed by atoms with Crippen LogP contribution in [0.3, 0.4) is 0 Å². The van der Waals surface area contributed by atoms with Crippen LogP contribution in [0.1, 0.15) is 53.4 Å². The van der Waals surface area contributed by atoms with E-state index in [1.54, 1.807) is 0 Å². The number of ether oxygens (including phenoxy) is 1. The fraction of sp³-hybridized carbons (Fsp3) is 0.611. The number of rotatable bonds is 2. The second-order valence-corrected chi connectivity index (χ2v) is 6.43. The summed E-state index contributed by atoms with van der Waals surface area (Å²) >= 11 is 0. The summed E-state index contributed by atoms with van der Waals surface area (Å²) < 4.78 is 5.85. The summed E-state index contributed by atoms with van der Waals surface area (Å²) in [5.41, 5.74) is 5.56. The number of carbonyl (C=O) groups excluding carboxylic acids is 1. The molecule has 110 valence electrons. The Hall–Kier alpha value is -1.15. The SMILES string of the molecule is Cc1cc(C)c(C)c(C(=O)C2C(C)OC(C)C2C)c1C. The van der Waals surface area contributed by atoms with Crippen molar-refractivity contribution in [2.75, 3.05) is 0 Å². The second kappa shape index (κ2) is 5.33. The van der Waals surface area contributed by atoms with Gasteiger partial charge in [-0.15, -0.1) is 0 Å². The second-order valence-electron chi connectivity index (χ2n) is 6.43. The van der Waals surface area contributed by atoms with E-state index in [4.69, 9.17) is 4.74 Å². The largest absolute Gasteiger partial charge is 0.374 e. The highest BCUT2D eigenvalue weighted by molar-refractivity contribution is 6.01. The first-order valence-corrected chi connectivity index (χ1v) is 7.52. The van der Waals surface area contributed by atoms with E-state index in [-0.39, 0.29) is 29.8 Å². The van der Waals surface area contributed by atoms with Crippen LogP contribution in [-0.4, -0.2) is 18.0 Å². The Morgan fingerprint density at radius 3 is 1.85 bits per heavy atom. The zero-order valence-electron chi connectivity index (χ0n) is 13.7. The fourth-order valence-electron chi connectivity index (χ4n) is 3.47. The molecule has 1 heterocycles. The van der Waals surface area contributed by atoms with Crippen LogP contribution >= 0.6 is 0 Å². The summed E-state index contributed by atoms with van der Waals surface area (Å²) in [6, 6.07) is 2.17. The van der Waals surface area contributed by atoms with Crippen LogP contribution < -0.4 is 0 Å². The number of aryl methyl sites for hydroxylation is 2. The van der Waals surface area contributed by atoms with Crippen LogP contribution in [0.2, 0.25) is 0 Å². The zero-order chi connectivity index (χ0) is 15.2. The van der Waals surface area contributed by atoms with Gasteiger partial charge in [-0.1, -0.05) is 13.0 Å². The number of carbonyl (C=O) groups is 1. The Bertz CT molecular complexity index is 519. The Balaban J connectivity index is 2.50. The maximum absolute atomic E-state index is 13.1. The lowest BCUT2D eigenvalue weighted by atomic mass is 9.80. The standard InChI is InChI=1S/C18H26O2/c1-9-8-10(2)12(4)16(11(9)3)18(19)17-13(5)14(6)20-15(17)7/h8,13-15,17H,1-7H3. The van der Waals surface area contributed by atoms with Crippen LogP contribution in [0, 0.1) is 39.5 Å². The van der Waals surface area contributed by atoms with Gasteiger partial charge in [0, 0.05) is 5.56 Å². The van der Waals surface area contributed by atoms with E-state index in [1.165, 1.54) is 11.1 Å². The average molecular weight is 274 g/mol. The monoisotopic (exact) mass is 274 g/mol. The number of Topliss-reactive ketones (excluding diaryl/α,β-unsaturated/α-hetero) is 1. The normalized spacial score (nSPS) is 29.8. The van der Waals surface area contributed by atoms with Crippen LogP contribution in [0.25, 0.3) is 0 Å². The Morgan fingerprint density at radius 1 is 0.950 bits per heavy atom. The number of ketones is 1. The molecule has 1 aliphatic rings. The molecule has 0 aliphatic carbocycles. The molecule has 0 spiro atoms. The molecule has 0 aromatic heterocycles. The van der Waals surface area contributed by atoms with Crippen LogP contribution in [0.4, 0.5) is 0 Å². The summed E-state index contributed by atoms with van der Waals surface area (Å²) in [5.74, 6) is 0.511. The lowest BCUT2D eigenvalue weighted by molar-refractivity contribution is 0.0491. The third kappa shape index (κ3) is 2.31. The van der Waals surface area contributed by atoms with E-state index >= 15 is 0 Å². The number of hydrogen-bond acceptors (Lipinski definition) is 2. The van der Waals surface area contributed by atoms with Gasteiger partial charge in [-0.05, 0) is 69.7 Å². The summed E-state index contributed by atoms with van der Waals surface area (Å²) in [5, 5.41) is 0. The van der Waals surface area contributed by atoms with Gasteiger partial charge in [0.15, 0.2) is 5.78 Å². The predicted octanol–water partition coefficient (Wildman–Crippen LogP) is 4.16. The Labute approximate surface area is 122 Å². The first-order chi connectivity index (χ1) is 9.25. The molecule has 20 heavy (non-hydrogen) atoms. The molecule has 0 bridgehead atoms. The molecule has 2 nitrogen and oxygen atoms in total. The van der Waals surface area contributed by atoms with Crippen molar-refractivity contribution < 1.29 is 9.53 Å². The molecule has 1 aromatic carbocycles. The van der Waals surface area contributed by atoms with Gasteiger partial charge in [0.05, 0.1) is 18.1 Å². The van der Waals surface area contributed by atoms with Gasteiger partial charge in [0.1, 0.15) is 0 Å². The maximum Gasteiger partial charge on any atom is 0.169 e. The number of hydrogen-bond donors (Lipinski definition) is 0. The van der Waals surface area contributed by atoms with Crippen LogP contribution in [0.15, 0.2) is 6.07 Å². The summed E-state index contributed by atoms with van der Waals surface area (Å²) in [4.78, 5) is 13.1. The molecule has 0 saturated carbocycles. The maximum atomic E-state index is 13.1. The third-order valence-corrected chi connectivity index (χ3v) is 5.16. The summed E-state index contributed by atoms with van der Waals surface area (Å²) in [6.45, 7) is 14.5. The third-order valence-electron chi connectivity index (χ3n) is 5.16. The van der Waals surface area contributed by atoms with Crippen molar-refractivity contribution in [3.05, 3.63) is 33.9 Å². The van der Waals surface area contributed by atoms with Crippen LogP contribution in [0.5, 0.6) is 0 Å². The molecule has 1 fully saturated rings. The van der Waals surface area contributed by atoms with Gasteiger partial charge in [-0.25, -0.2) is 0 Å². The first kappa shape index (κ1) is 15.2. The van der Waals surface area contributed by atoms with Crippen molar-refractivity contribution in [1.29, 1.82) is 0 Å². The van der Waals surface area contributed by atoms with E-state index in [0.29, 0.717) is 0 Å². The Morgan fingerprint density at radius 2 is 1.45 bits per heavy atom. The minimum absolute atomic E-state index is 0.00659. The fourth-order valence-corrected chi connectivity index (χ4v) is 3.47. The highest BCUT2D eigenvalue weighted by atomic mass is 16.5. The molecule has 4 unspecified atom stereocenters. The van der Waals surface area contributed by atoms with E-state index in [2.05, 4.69) is 47.6 Å². The van der Waals surface area contributed by atoms with E-state index in [1.807, 2.05) is 6.92 Å². The molecular formula is C18H26O2. The highest BCUT2D eigenvalue weighted by Gasteiger charge is 2.42. The van der Waals surface area contributed by atoms with Crippen molar-refractivity contribution in [3.8, 4) is 0 Å². The van der Waals surface area contributed by atoms with Crippen molar-refractivity contribution in [1.82, 2.24) is 0 Å². The molecular weight excluding hydrogens is 248 g/mol. The van der Waals surface area contributed by atoms with Gasteiger partial charge in [0.2, 0.25) is 0 Å². The van der Waals surface area contributed by atoms with Gasteiger partial charge in [-0.2, -0.15) is 0 Å². The average Bonchev–Trinajstić information content (AvgIpc) is 2.61. The lowest BCUT2D eigenvalue weighted by Crippen LogP contribution is -2.28. The van der Waals surface area contributed by atoms with E-state index < -0.39 is 0 Å². The lowest BCUT2D eigenvalue weighted by Gasteiger charge is -2.21. The molecule has 2 rings (SSSR count). The first-order valence-electron chi connectivity index (χ1n) is 7.52. The van der Waals surface area contributed by atoms with Gasteiger partial charge < -0.3 is 4.74 Å². The molecule has 4 atom stereocenters. The smallest absolute Gasteiger partial charge is 0.169 e. The van der Waals surface area contributed by atoms with Crippen molar-refractivity contribution in [2.24, 2.45) is 11.8 Å². The summed E-state index contributed by atoms with van der Waals surface area (Å²) in [6.07, 6.45) is 0.164. The van der Waals surface area contributed by atoms with E-state index in [9.17, 15) is 4.79 Å². The molecule has 0 N–H and O–H groups in total. The van der Waals surface area contributed by atoms with E-state index in [0.717, 1.165) is 16.7 Å². The van der Waals surface area contributed by atoms with Gasteiger partial charge in [0.25, 0.3) is 0 Å². The molecule has 0 radical (unpaired) electrons. The number of benzene rings is 1. The molecule has 0 amide bonds. The minimum atomic E-state index is -0.0244. The van der Waals surface area contributed by atoms with Crippen molar-refractivity contribution >= 4 is 5.78 Å². The quantitative estimate of drug-likeness (QED) is 0.757. The summed E-state index contributed by atoms with van der Waals surface area (Å²) in [7, 11) is 0. The molecule has 1 saturated heterocycles. The highest BCUT2D eigenvalue weighted by Crippen LogP contribution is 2.36. The van der Waals surface area contributed by atoms with Crippen LogP contribution in [-0.2, 0) is 4.74 Å². The van der Waals surface area contributed by atoms with Crippen molar-refractivity contribution in [3.63, 3.8) is 0 Å². The van der Waals surface area contributed by atoms with Gasteiger partial charge >= 0.3 is 0 Å². The molecule has 1 aliphatic heterocycles. The van der Waals surface area contributed by atoms with Gasteiger partial charge in [-0.3, -0.25) is 4.79 Å². The molecule has 2 heteroatoms. The minimum Gasteiger partial charge on any atom is -0.374 e. The predicted molar refractivity (Wildman–Crippen MR) is 82.4 cm³/mol. The topological polar surface area (TPSA) is 26.3 Å². The zero-order valence-corrected chi connectivity index (χ0v) is 13.7. The Kier molecular flexibility index (Phi) is 4.06. The molecule has 1 aromatic rings. The van der Waals surface area contributed by atoms with Crippen molar-refractivity contribution in [2.45, 2.75) is 60.7 Å².